The summed E-state index contributed by atoms with van der Waals surface area (Å²) in [6, 6.07) is 5.72. The van der Waals surface area contributed by atoms with Crippen LogP contribution in [0.1, 0.15) is 19.8 Å². The zero-order valence-electron chi connectivity index (χ0n) is 16.9. The third-order valence-electron chi connectivity index (χ3n) is 4.70. The van der Waals surface area contributed by atoms with E-state index in [1.165, 1.54) is 6.33 Å². The summed E-state index contributed by atoms with van der Waals surface area (Å²) >= 11 is 0. The zero-order chi connectivity index (χ0) is 21.3. The van der Waals surface area contributed by atoms with E-state index in [9.17, 15) is 14.9 Å². The first kappa shape index (κ1) is 21.2. The third kappa shape index (κ3) is 5.31. The van der Waals surface area contributed by atoms with Crippen molar-refractivity contribution < 1.29 is 14.5 Å². The molecule has 1 N–H and O–H groups in total. The van der Waals surface area contributed by atoms with Crippen molar-refractivity contribution in [2.24, 2.45) is 0 Å². The Balaban J connectivity index is 1.67. The number of ether oxygens (including phenoxy) is 1. The molecule has 160 valence electrons. The Kier molecular flexibility index (Phi) is 7.30. The number of pyridine rings is 1. The second-order valence-electron chi connectivity index (χ2n) is 6.74. The number of carbonyl (C=O) groups excluding carboxylic acids is 1. The Morgan fingerprint density at radius 2 is 1.97 bits per heavy atom. The third-order valence-corrected chi connectivity index (χ3v) is 4.70. The topological polar surface area (TPSA) is 127 Å². The summed E-state index contributed by atoms with van der Waals surface area (Å²) in [5.74, 6) is 0.627. The number of nitro groups is 1. The quantitative estimate of drug-likeness (QED) is 0.280. The molecule has 1 aliphatic heterocycles. The number of rotatable bonds is 9. The lowest BCUT2D eigenvalue weighted by molar-refractivity contribution is -0.383. The van der Waals surface area contributed by atoms with Crippen molar-refractivity contribution in [2.45, 2.75) is 19.8 Å². The fourth-order valence-electron chi connectivity index (χ4n) is 3.12. The van der Waals surface area contributed by atoms with E-state index >= 15 is 0 Å². The van der Waals surface area contributed by atoms with Gasteiger partial charge in [0.1, 0.15) is 18.7 Å². The molecule has 0 unspecified atom stereocenters. The molecule has 11 heteroatoms. The van der Waals surface area contributed by atoms with Gasteiger partial charge in [-0.3, -0.25) is 14.9 Å². The number of hydrogen-bond donors (Lipinski definition) is 1. The standard InChI is InChI=1S/C19H25N7O4/c1-2-3-12-30-16(27)13-21-18-17(26(28)29)19(23-14-22-18)25-10-8-24(9-11-25)15-6-4-5-7-20-15/h4-7,14H,2-3,8-13H2,1H3,(H,21,22,23). The number of carbonyl (C=O) groups is 1. The molecule has 0 bridgehead atoms. The average molecular weight is 415 g/mol. The molecule has 0 radical (unpaired) electrons. The van der Waals surface area contributed by atoms with Crippen molar-refractivity contribution in [2.75, 3.05) is 54.4 Å². The normalized spacial score (nSPS) is 13.8. The van der Waals surface area contributed by atoms with Gasteiger partial charge < -0.3 is 19.9 Å². The number of anilines is 3. The highest BCUT2D eigenvalue weighted by Crippen LogP contribution is 2.32. The molecule has 0 aliphatic carbocycles. The lowest BCUT2D eigenvalue weighted by Crippen LogP contribution is -2.47. The van der Waals surface area contributed by atoms with Crippen LogP contribution in [0, 0.1) is 10.1 Å². The van der Waals surface area contributed by atoms with Crippen LogP contribution in [0.4, 0.5) is 23.1 Å². The first-order valence-corrected chi connectivity index (χ1v) is 9.90. The van der Waals surface area contributed by atoms with Gasteiger partial charge in [0.05, 0.1) is 11.5 Å². The summed E-state index contributed by atoms with van der Waals surface area (Å²) in [6.07, 6.45) is 4.68. The Morgan fingerprint density at radius 3 is 2.63 bits per heavy atom. The van der Waals surface area contributed by atoms with Gasteiger partial charge >= 0.3 is 11.7 Å². The van der Waals surface area contributed by atoms with Crippen molar-refractivity contribution in [3.05, 3.63) is 40.8 Å². The Morgan fingerprint density at radius 1 is 1.20 bits per heavy atom. The molecule has 3 rings (SSSR count). The van der Waals surface area contributed by atoms with E-state index < -0.39 is 10.9 Å². The van der Waals surface area contributed by atoms with Crippen LogP contribution >= 0.6 is 0 Å². The van der Waals surface area contributed by atoms with Gasteiger partial charge in [-0.05, 0) is 18.6 Å². The number of aromatic nitrogens is 3. The lowest BCUT2D eigenvalue weighted by Gasteiger charge is -2.35. The fraction of sp³-hybridized carbons (Fsp3) is 0.474. The van der Waals surface area contributed by atoms with Crippen LogP contribution in [0.3, 0.4) is 0 Å². The predicted octanol–water partition coefficient (Wildman–Crippen LogP) is 1.86. The van der Waals surface area contributed by atoms with Gasteiger partial charge in [-0.2, -0.15) is 0 Å². The number of unbranched alkanes of at least 4 members (excludes halogenated alkanes) is 1. The minimum absolute atomic E-state index is 0.00426. The molecular formula is C19H25N7O4. The molecule has 1 aliphatic rings. The SMILES string of the molecule is CCCCOC(=O)CNc1ncnc(N2CCN(c3ccccn3)CC2)c1[N+](=O)[O-]. The van der Waals surface area contributed by atoms with Crippen LogP contribution in [0.25, 0.3) is 0 Å². The summed E-state index contributed by atoms with van der Waals surface area (Å²) in [5.41, 5.74) is -0.245. The molecule has 0 saturated carbocycles. The highest BCUT2D eigenvalue weighted by Gasteiger charge is 2.29. The summed E-state index contributed by atoms with van der Waals surface area (Å²) in [4.78, 5) is 39.5. The second kappa shape index (κ2) is 10.3. The van der Waals surface area contributed by atoms with E-state index in [0.717, 1.165) is 18.7 Å². The maximum Gasteiger partial charge on any atom is 0.353 e. The van der Waals surface area contributed by atoms with E-state index in [2.05, 4.69) is 25.2 Å². The zero-order valence-corrected chi connectivity index (χ0v) is 16.9. The summed E-state index contributed by atoms with van der Waals surface area (Å²) in [5, 5.41) is 14.5. The van der Waals surface area contributed by atoms with Crippen molar-refractivity contribution in [3.8, 4) is 0 Å². The molecule has 0 amide bonds. The van der Waals surface area contributed by atoms with Crippen LogP contribution in [-0.4, -0.2) is 65.2 Å². The van der Waals surface area contributed by atoms with Gasteiger partial charge in [0.2, 0.25) is 11.6 Å². The maximum absolute atomic E-state index is 11.8. The average Bonchev–Trinajstić information content (AvgIpc) is 2.78. The van der Waals surface area contributed by atoms with Gasteiger partial charge in [-0.15, -0.1) is 0 Å². The lowest BCUT2D eigenvalue weighted by atomic mass is 10.2. The van der Waals surface area contributed by atoms with E-state index in [-0.39, 0.29) is 23.9 Å². The Labute approximate surface area is 174 Å². The van der Waals surface area contributed by atoms with Gasteiger partial charge in [0, 0.05) is 32.4 Å². The number of hydrogen-bond acceptors (Lipinski definition) is 10. The van der Waals surface area contributed by atoms with Crippen LogP contribution in [0.15, 0.2) is 30.7 Å². The Bertz CT molecular complexity index is 857. The van der Waals surface area contributed by atoms with Crippen molar-refractivity contribution >= 4 is 29.1 Å². The molecule has 30 heavy (non-hydrogen) atoms. The van der Waals surface area contributed by atoms with Gasteiger partial charge in [-0.1, -0.05) is 19.4 Å². The monoisotopic (exact) mass is 415 g/mol. The van der Waals surface area contributed by atoms with Gasteiger partial charge in [0.15, 0.2) is 0 Å². The number of esters is 1. The van der Waals surface area contributed by atoms with E-state index in [1.54, 1.807) is 6.20 Å². The number of piperazine rings is 1. The highest BCUT2D eigenvalue weighted by atomic mass is 16.6. The first-order valence-electron chi connectivity index (χ1n) is 9.90. The van der Waals surface area contributed by atoms with Crippen molar-refractivity contribution in [3.63, 3.8) is 0 Å². The molecule has 11 nitrogen and oxygen atoms in total. The minimum atomic E-state index is -0.523. The Hall–Kier alpha value is -3.50. The van der Waals surface area contributed by atoms with Crippen LogP contribution in [0.2, 0.25) is 0 Å². The highest BCUT2D eigenvalue weighted by molar-refractivity contribution is 5.78. The molecular weight excluding hydrogens is 390 g/mol. The van der Waals surface area contributed by atoms with Gasteiger partial charge in [0.25, 0.3) is 0 Å². The summed E-state index contributed by atoms with van der Waals surface area (Å²) in [7, 11) is 0. The molecule has 3 heterocycles. The van der Waals surface area contributed by atoms with Gasteiger partial charge in [-0.25, -0.2) is 15.0 Å². The van der Waals surface area contributed by atoms with Crippen molar-refractivity contribution in [1.29, 1.82) is 0 Å². The summed E-state index contributed by atoms with van der Waals surface area (Å²) < 4.78 is 5.07. The van der Waals surface area contributed by atoms with E-state index in [0.29, 0.717) is 32.8 Å². The maximum atomic E-state index is 11.8. The smallest absolute Gasteiger partial charge is 0.353 e. The molecule has 0 spiro atoms. The molecule has 0 aromatic carbocycles. The predicted molar refractivity (Wildman–Crippen MR) is 112 cm³/mol. The van der Waals surface area contributed by atoms with Crippen LogP contribution in [0.5, 0.6) is 0 Å². The summed E-state index contributed by atoms with van der Waals surface area (Å²) in [6.45, 7) is 4.53. The van der Waals surface area contributed by atoms with Crippen LogP contribution < -0.4 is 15.1 Å². The fourth-order valence-corrected chi connectivity index (χ4v) is 3.12. The van der Waals surface area contributed by atoms with Crippen LogP contribution in [-0.2, 0) is 9.53 Å². The number of nitrogens with one attached hydrogen (secondary N) is 1. The second-order valence-corrected chi connectivity index (χ2v) is 6.74. The number of nitrogens with zero attached hydrogens (tertiary/aromatic N) is 6. The molecule has 2 aromatic rings. The van der Waals surface area contributed by atoms with E-state index in [4.69, 9.17) is 4.74 Å². The molecule has 0 atom stereocenters. The largest absolute Gasteiger partial charge is 0.464 e. The molecule has 1 saturated heterocycles. The first-order chi connectivity index (χ1) is 14.6. The van der Waals surface area contributed by atoms with Crippen molar-refractivity contribution in [1.82, 2.24) is 15.0 Å². The van der Waals surface area contributed by atoms with E-state index in [1.807, 2.05) is 30.0 Å². The molecule has 1 fully saturated rings. The minimum Gasteiger partial charge on any atom is -0.464 e. The molecule has 2 aromatic heterocycles.